The van der Waals surface area contributed by atoms with Crippen molar-refractivity contribution in [2.45, 2.75) is 19.9 Å². The Labute approximate surface area is 114 Å². The lowest BCUT2D eigenvalue weighted by molar-refractivity contribution is 0.620. The van der Waals surface area contributed by atoms with Gasteiger partial charge in [-0.15, -0.1) is 12.4 Å². The minimum Gasteiger partial charge on any atom is -0.311 e. The Morgan fingerprint density at radius 1 is 1.17 bits per heavy atom. The number of halogens is 1. The van der Waals surface area contributed by atoms with Crippen LogP contribution in [0.1, 0.15) is 19.0 Å². The molecule has 5 heteroatoms. The molecular formula is C13H19ClN4. The van der Waals surface area contributed by atoms with Crippen LogP contribution in [0, 0.1) is 0 Å². The van der Waals surface area contributed by atoms with Gasteiger partial charge >= 0.3 is 0 Å². The molecule has 1 aromatic carbocycles. The predicted molar refractivity (Wildman–Crippen MR) is 75.7 cm³/mol. The molecule has 18 heavy (non-hydrogen) atoms. The molecule has 98 valence electrons. The molecule has 0 aliphatic rings. The van der Waals surface area contributed by atoms with Crippen LogP contribution in [-0.4, -0.2) is 21.5 Å². The van der Waals surface area contributed by atoms with E-state index in [1.807, 2.05) is 25.2 Å². The van der Waals surface area contributed by atoms with Crippen LogP contribution >= 0.6 is 12.4 Å². The van der Waals surface area contributed by atoms with Gasteiger partial charge in [0.05, 0.1) is 0 Å². The van der Waals surface area contributed by atoms with Crippen molar-refractivity contribution in [1.82, 2.24) is 20.3 Å². The first-order valence-corrected chi connectivity index (χ1v) is 5.97. The van der Waals surface area contributed by atoms with E-state index in [1.54, 1.807) is 4.80 Å². The van der Waals surface area contributed by atoms with Gasteiger partial charge in [0.1, 0.15) is 11.4 Å². The number of rotatable bonds is 5. The molecule has 0 radical (unpaired) electrons. The Morgan fingerprint density at radius 3 is 2.56 bits per heavy atom. The number of nitrogens with zero attached hydrogens (tertiary/aromatic N) is 3. The van der Waals surface area contributed by atoms with Gasteiger partial charge in [-0.1, -0.05) is 37.3 Å². The van der Waals surface area contributed by atoms with Crippen molar-refractivity contribution in [3.05, 3.63) is 36.0 Å². The average Bonchev–Trinajstić information content (AvgIpc) is 2.72. The number of benzene rings is 1. The molecule has 0 aliphatic carbocycles. The van der Waals surface area contributed by atoms with E-state index in [4.69, 9.17) is 0 Å². The molecule has 0 bridgehead atoms. The first-order valence-electron chi connectivity index (χ1n) is 5.97. The zero-order valence-corrected chi connectivity index (χ0v) is 11.6. The monoisotopic (exact) mass is 266 g/mol. The van der Waals surface area contributed by atoms with Gasteiger partial charge in [0, 0.05) is 19.2 Å². The molecule has 2 rings (SSSR count). The molecule has 0 atom stereocenters. The SMILES string of the molecule is CCCNCc1nn(C)nc1-c1ccccc1.Cl. The van der Waals surface area contributed by atoms with Crippen LogP contribution in [0.5, 0.6) is 0 Å². The van der Waals surface area contributed by atoms with Crippen molar-refractivity contribution in [2.24, 2.45) is 7.05 Å². The van der Waals surface area contributed by atoms with Gasteiger partial charge in [-0.3, -0.25) is 0 Å². The summed E-state index contributed by atoms with van der Waals surface area (Å²) in [5.41, 5.74) is 3.10. The molecule has 1 heterocycles. The third kappa shape index (κ3) is 3.55. The number of hydrogen-bond acceptors (Lipinski definition) is 3. The average molecular weight is 267 g/mol. The zero-order chi connectivity index (χ0) is 12.1. The zero-order valence-electron chi connectivity index (χ0n) is 10.8. The van der Waals surface area contributed by atoms with Gasteiger partial charge in [0.15, 0.2) is 0 Å². The molecule has 0 amide bonds. The molecule has 0 spiro atoms. The van der Waals surface area contributed by atoms with Gasteiger partial charge in [-0.05, 0) is 13.0 Å². The van der Waals surface area contributed by atoms with Crippen LogP contribution in [0.25, 0.3) is 11.3 Å². The smallest absolute Gasteiger partial charge is 0.117 e. The van der Waals surface area contributed by atoms with E-state index in [-0.39, 0.29) is 12.4 Å². The lowest BCUT2D eigenvalue weighted by atomic mass is 10.1. The van der Waals surface area contributed by atoms with Crippen LogP contribution in [0.4, 0.5) is 0 Å². The number of aryl methyl sites for hydroxylation is 1. The molecule has 0 fully saturated rings. The molecule has 2 aromatic rings. The summed E-state index contributed by atoms with van der Waals surface area (Å²) in [6, 6.07) is 10.2. The second kappa shape index (κ2) is 7.13. The molecular weight excluding hydrogens is 248 g/mol. The Kier molecular flexibility index (Phi) is 5.82. The quantitative estimate of drug-likeness (QED) is 0.845. The minimum atomic E-state index is 0. The van der Waals surface area contributed by atoms with E-state index < -0.39 is 0 Å². The maximum absolute atomic E-state index is 4.43. The van der Waals surface area contributed by atoms with Crippen LogP contribution in [0.3, 0.4) is 0 Å². The summed E-state index contributed by atoms with van der Waals surface area (Å²) in [6.07, 6.45) is 1.13. The molecule has 0 aliphatic heterocycles. The summed E-state index contributed by atoms with van der Waals surface area (Å²) in [6.45, 7) is 3.93. The first kappa shape index (κ1) is 14.7. The van der Waals surface area contributed by atoms with Crippen molar-refractivity contribution in [1.29, 1.82) is 0 Å². The maximum atomic E-state index is 4.43. The van der Waals surface area contributed by atoms with Gasteiger partial charge in [0.25, 0.3) is 0 Å². The Bertz CT molecular complexity index is 467. The number of aromatic nitrogens is 3. The maximum Gasteiger partial charge on any atom is 0.117 e. The Balaban J connectivity index is 0.00000162. The van der Waals surface area contributed by atoms with E-state index in [0.717, 1.165) is 36.5 Å². The fourth-order valence-electron chi connectivity index (χ4n) is 1.77. The van der Waals surface area contributed by atoms with Gasteiger partial charge in [-0.2, -0.15) is 15.0 Å². The standard InChI is InChI=1S/C13H18N4.ClH/c1-3-9-14-10-12-13(16-17(2)15-12)11-7-5-4-6-8-11;/h4-8,14H,3,9-10H2,1-2H3;1H. The van der Waals surface area contributed by atoms with Crippen LogP contribution in [0.15, 0.2) is 30.3 Å². The highest BCUT2D eigenvalue weighted by Gasteiger charge is 2.10. The third-order valence-electron chi connectivity index (χ3n) is 2.55. The van der Waals surface area contributed by atoms with E-state index >= 15 is 0 Å². The van der Waals surface area contributed by atoms with E-state index in [9.17, 15) is 0 Å². The van der Waals surface area contributed by atoms with Gasteiger partial charge in [0.2, 0.25) is 0 Å². The molecule has 0 saturated heterocycles. The Hall–Kier alpha value is -1.39. The summed E-state index contributed by atoms with van der Waals surface area (Å²) in [4.78, 5) is 1.63. The molecule has 1 aromatic heterocycles. The topological polar surface area (TPSA) is 42.7 Å². The summed E-state index contributed by atoms with van der Waals surface area (Å²) in [7, 11) is 1.86. The highest BCUT2D eigenvalue weighted by molar-refractivity contribution is 5.85. The fourth-order valence-corrected chi connectivity index (χ4v) is 1.77. The van der Waals surface area contributed by atoms with Crippen LogP contribution < -0.4 is 5.32 Å². The minimum absolute atomic E-state index is 0. The molecule has 4 nitrogen and oxygen atoms in total. The van der Waals surface area contributed by atoms with Crippen LogP contribution in [0.2, 0.25) is 0 Å². The van der Waals surface area contributed by atoms with Crippen molar-refractivity contribution in [3.63, 3.8) is 0 Å². The van der Waals surface area contributed by atoms with Gasteiger partial charge in [-0.25, -0.2) is 0 Å². The fraction of sp³-hybridized carbons (Fsp3) is 0.385. The van der Waals surface area contributed by atoms with Crippen LogP contribution in [-0.2, 0) is 13.6 Å². The predicted octanol–water partition coefficient (Wildman–Crippen LogP) is 2.40. The van der Waals surface area contributed by atoms with Crippen molar-refractivity contribution in [2.75, 3.05) is 6.54 Å². The number of nitrogens with one attached hydrogen (secondary N) is 1. The first-order chi connectivity index (χ1) is 8.31. The van der Waals surface area contributed by atoms with E-state index in [1.165, 1.54) is 0 Å². The third-order valence-corrected chi connectivity index (χ3v) is 2.55. The summed E-state index contributed by atoms with van der Waals surface area (Å²) in [5, 5.41) is 12.2. The van der Waals surface area contributed by atoms with E-state index in [2.05, 4.69) is 34.6 Å². The highest BCUT2D eigenvalue weighted by Crippen LogP contribution is 2.19. The lowest BCUT2D eigenvalue weighted by Gasteiger charge is -2.02. The van der Waals surface area contributed by atoms with E-state index in [0.29, 0.717) is 0 Å². The Morgan fingerprint density at radius 2 is 1.89 bits per heavy atom. The summed E-state index contributed by atoms with van der Waals surface area (Å²) in [5.74, 6) is 0. The van der Waals surface area contributed by atoms with Gasteiger partial charge < -0.3 is 5.32 Å². The largest absolute Gasteiger partial charge is 0.311 e. The highest BCUT2D eigenvalue weighted by atomic mass is 35.5. The molecule has 0 saturated carbocycles. The normalized spacial score (nSPS) is 10.1. The molecule has 1 N–H and O–H groups in total. The van der Waals surface area contributed by atoms with Crippen molar-refractivity contribution < 1.29 is 0 Å². The van der Waals surface area contributed by atoms with Crippen molar-refractivity contribution >= 4 is 12.4 Å². The second-order valence-corrected chi connectivity index (χ2v) is 4.03. The second-order valence-electron chi connectivity index (χ2n) is 4.03. The molecule has 0 unspecified atom stereocenters. The van der Waals surface area contributed by atoms with Crippen molar-refractivity contribution in [3.8, 4) is 11.3 Å². The summed E-state index contributed by atoms with van der Waals surface area (Å²) >= 11 is 0. The lowest BCUT2D eigenvalue weighted by Crippen LogP contribution is -2.14. The summed E-state index contributed by atoms with van der Waals surface area (Å²) < 4.78 is 0. The number of hydrogen-bond donors (Lipinski definition) is 1.